The number of fused-ring (bicyclic) bond motifs is 3. The monoisotopic (exact) mass is 482 g/mol. The van der Waals surface area contributed by atoms with Crippen molar-refractivity contribution in [3.63, 3.8) is 0 Å². The molecule has 9 heteroatoms. The van der Waals surface area contributed by atoms with Crippen LogP contribution < -0.4 is 10.6 Å². The van der Waals surface area contributed by atoms with Crippen molar-refractivity contribution in [2.24, 2.45) is 5.92 Å². The molecule has 0 radical (unpaired) electrons. The number of benzene rings is 2. The first-order valence-corrected chi connectivity index (χ1v) is 11.7. The van der Waals surface area contributed by atoms with Gasteiger partial charge in [0.15, 0.2) is 6.10 Å². The van der Waals surface area contributed by atoms with E-state index in [2.05, 4.69) is 34.9 Å². The first kappa shape index (κ1) is 24.7. The van der Waals surface area contributed by atoms with Crippen LogP contribution in [0.1, 0.15) is 29.9 Å². The third-order valence-electron chi connectivity index (χ3n) is 6.59. The second-order valence-corrected chi connectivity index (χ2v) is 8.69. The number of rotatable bonds is 10. The normalized spacial score (nSPS) is 19.5. The van der Waals surface area contributed by atoms with Gasteiger partial charge >= 0.3 is 12.1 Å². The summed E-state index contributed by atoms with van der Waals surface area (Å²) in [5, 5.41) is 14.6. The Balaban J connectivity index is 1.22. The van der Waals surface area contributed by atoms with Crippen LogP contribution in [-0.4, -0.2) is 68.7 Å². The molecule has 2 aromatic carbocycles. The number of carbonyl (C=O) groups is 3. The van der Waals surface area contributed by atoms with Crippen LogP contribution in [0, 0.1) is 5.92 Å². The lowest BCUT2D eigenvalue weighted by atomic mass is 9.98. The van der Waals surface area contributed by atoms with Crippen molar-refractivity contribution in [2.45, 2.75) is 31.0 Å². The largest absolute Gasteiger partial charge is 0.479 e. The fourth-order valence-electron chi connectivity index (χ4n) is 4.77. The molecule has 0 saturated carbocycles. The predicted octanol–water partition coefficient (Wildman–Crippen LogP) is 2.54. The fourth-order valence-corrected chi connectivity index (χ4v) is 4.77. The Kier molecular flexibility index (Phi) is 7.99. The number of carboxylic acids is 1. The Morgan fingerprint density at radius 2 is 1.71 bits per heavy atom. The van der Waals surface area contributed by atoms with Gasteiger partial charge in [0.1, 0.15) is 12.7 Å². The van der Waals surface area contributed by atoms with Crippen molar-refractivity contribution in [1.29, 1.82) is 0 Å². The van der Waals surface area contributed by atoms with Crippen molar-refractivity contribution in [3.05, 3.63) is 59.7 Å². The number of carboxylic acid groups (broad SMARTS) is 1. The number of hydrogen-bond acceptors (Lipinski definition) is 6. The number of methoxy groups -OCH3 is 1. The standard InChI is InChI=1S/C26H30N2O7/c1-33-22(24(29)28-14-16-11-13-34-23(16)25(30)31)10-12-27-26(32)35-15-21-19-8-4-2-6-17(19)18-7-3-5-9-20(18)21/h2-9,16,21-23H,10-15H2,1H3,(H,27,32)(H,28,29)(H,30,31). The molecule has 2 aromatic rings. The SMILES string of the molecule is COC(CCNC(=O)OCC1c2ccccc2-c2ccccc21)C(=O)NCC1CCOC1C(=O)O. The highest BCUT2D eigenvalue weighted by atomic mass is 16.5. The number of nitrogens with one attached hydrogen (secondary N) is 2. The van der Waals surface area contributed by atoms with Gasteiger partial charge in [0.25, 0.3) is 0 Å². The van der Waals surface area contributed by atoms with Crippen LogP contribution in [0.25, 0.3) is 11.1 Å². The zero-order valence-electron chi connectivity index (χ0n) is 19.6. The van der Waals surface area contributed by atoms with E-state index in [1.807, 2.05) is 24.3 Å². The maximum absolute atomic E-state index is 12.4. The minimum absolute atomic E-state index is 0.0279. The van der Waals surface area contributed by atoms with Gasteiger partial charge in [-0.2, -0.15) is 0 Å². The Labute approximate surface area is 203 Å². The Morgan fingerprint density at radius 3 is 2.34 bits per heavy atom. The van der Waals surface area contributed by atoms with Crippen LogP contribution in [0.15, 0.2) is 48.5 Å². The third kappa shape index (κ3) is 5.63. The van der Waals surface area contributed by atoms with E-state index >= 15 is 0 Å². The number of amides is 2. The molecule has 0 spiro atoms. The molecule has 0 bridgehead atoms. The molecule has 1 aliphatic carbocycles. The number of alkyl carbamates (subject to hydrolysis) is 1. The van der Waals surface area contributed by atoms with Crippen LogP contribution >= 0.6 is 0 Å². The maximum Gasteiger partial charge on any atom is 0.407 e. The molecule has 1 saturated heterocycles. The number of hydrogen-bond donors (Lipinski definition) is 3. The number of ether oxygens (including phenoxy) is 3. The Hall–Kier alpha value is -3.43. The van der Waals surface area contributed by atoms with E-state index in [1.165, 1.54) is 7.11 Å². The first-order chi connectivity index (χ1) is 17.0. The van der Waals surface area contributed by atoms with Gasteiger partial charge in [-0.15, -0.1) is 0 Å². The summed E-state index contributed by atoms with van der Waals surface area (Å²) in [6, 6.07) is 16.2. The second-order valence-electron chi connectivity index (χ2n) is 8.69. The molecule has 1 heterocycles. The maximum atomic E-state index is 12.4. The van der Waals surface area contributed by atoms with Crippen molar-refractivity contribution in [2.75, 3.05) is 33.4 Å². The van der Waals surface area contributed by atoms with E-state index < -0.39 is 24.3 Å². The minimum Gasteiger partial charge on any atom is -0.479 e. The Bertz CT molecular complexity index is 1030. The second kappa shape index (κ2) is 11.3. The average Bonchev–Trinajstić information content (AvgIpc) is 3.47. The van der Waals surface area contributed by atoms with Crippen molar-refractivity contribution in [1.82, 2.24) is 10.6 Å². The summed E-state index contributed by atoms with van der Waals surface area (Å²) < 4.78 is 15.9. The molecule has 1 aliphatic heterocycles. The van der Waals surface area contributed by atoms with Gasteiger partial charge in [-0.1, -0.05) is 48.5 Å². The van der Waals surface area contributed by atoms with Crippen molar-refractivity contribution >= 4 is 18.0 Å². The van der Waals surface area contributed by atoms with E-state index in [4.69, 9.17) is 19.3 Å². The molecule has 2 aliphatic rings. The number of aliphatic carboxylic acids is 1. The minimum atomic E-state index is -1.03. The summed E-state index contributed by atoms with van der Waals surface area (Å²) in [4.78, 5) is 36.0. The summed E-state index contributed by atoms with van der Waals surface area (Å²) in [7, 11) is 1.41. The molecule has 9 nitrogen and oxygen atoms in total. The highest BCUT2D eigenvalue weighted by Crippen LogP contribution is 2.44. The fraction of sp³-hybridized carbons (Fsp3) is 0.423. The third-order valence-corrected chi connectivity index (χ3v) is 6.59. The van der Waals surface area contributed by atoms with Gasteiger partial charge in [-0.05, 0) is 28.7 Å². The zero-order valence-corrected chi connectivity index (χ0v) is 19.6. The van der Waals surface area contributed by atoms with Gasteiger partial charge in [-0.25, -0.2) is 9.59 Å². The topological polar surface area (TPSA) is 123 Å². The van der Waals surface area contributed by atoms with E-state index in [1.54, 1.807) is 0 Å². The highest BCUT2D eigenvalue weighted by Gasteiger charge is 2.34. The molecular formula is C26H30N2O7. The quantitative estimate of drug-likeness (QED) is 0.476. The Morgan fingerprint density at radius 1 is 1.06 bits per heavy atom. The summed E-state index contributed by atoms with van der Waals surface area (Å²) >= 11 is 0. The molecule has 35 heavy (non-hydrogen) atoms. The van der Waals surface area contributed by atoms with Crippen molar-refractivity contribution < 1.29 is 33.7 Å². The lowest BCUT2D eigenvalue weighted by Crippen LogP contribution is -2.42. The van der Waals surface area contributed by atoms with E-state index in [9.17, 15) is 14.4 Å². The molecule has 186 valence electrons. The smallest absolute Gasteiger partial charge is 0.407 e. The van der Waals surface area contributed by atoms with E-state index in [-0.39, 0.29) is 43.9 Å². The summed E-state index contributed by atoms with van der Waals surface area (Å²) in [5.74, 6) is -1.71. The molecule has 3 N–H and O–H groups in total. The zero-order chi connectivity index (χ0) is 24.8. The van der Waals surface area contributed by atoms with Gasteiger partial charge in [0.2, 0.25) is 5.91 Å². The van der Waals surface area contributed by atoms with Crippen LogP contribution in [0.2, 0.25) is 0 Å². The van der Waals surface area contributed by atoms with Crippen LogP contribution in [0.4, 0.5) is 4.79 Å². The molecule has 0 aromatic heterocycles. The average molecular weight is 483 g/mol. The van der Waals surface area contributed by atoms with Gasteiger partial charge in [-0.3, -0.25) is 4.79 Å². The van der Waals surface area contributed by atoms with E-state index in [0.29, 0.717) is 13.0 Å². The lowest BCUT2D eigenvalue weighted by Gasteiger charge is -2.19. The van der Waals surface area contributed by atoms with Gasteiger partial charge in [0.05, 0.1) is 0 Å². The van der Waals surface area contributed by atoms with Gasteiger partial charge in [0, 0.05) is 45.1 Å². The molecule has 3 atom stereocenters. The van der Waals surface area contributed by atoms with Crippen molar-refractivity contribution in [3.8, 4) is 11.1 Å². The molecule has 4 rings (SSSR count). The van der Waals surface area contributed by atoms with E-state index in [0.717, 1.165) is 22.3 Å². The summed E-state index contributed by atoms with van der Waals surface area (Å²) in [5.41, 5.74) is 4.58. The van der Waals surface area contributed by atoms with Crippen LogP contribution in [0.3, 0.4) is 0 Å². The predicted molar refractivity (Wildman–Crippen MR) is 127 cm³/mol. The van der Waals surface area contributed by atoms with Crippen LogP contribution in [0.5, 0.6) is 0 Å². The van der Waals surface area contributed by atoms with Gasteiger partial charge < -0.3 is 30.0 Å². The number of carbonyl (C=O) groups excluding carboxylic acids is 2. The summed E-state index contributed by atoms with van der Waals surface area (Å²) in [6.07, 6.45) is -1.44. The molecule has 1 fully saturated rings. The lowest BCUT2D eigenvalue weighted by molar-refractivity contribution is -0.149. The summed E-state index contributed by atoms with van der Waals surface area (Å²) in [6.45, 7) is 0.944. The van der Waals surface area contributed by atoms with Crippen LogP contribution in [-0.2, 0) is 23.8 Å². The molecule has 3 unspecified atom stereocenters. The highest BCUT2D eigenvalue weighted by molar-refractivity contribution is 5.81. The first-order valence-electron chi connectivity index (χ1n) is 11.7. The molecule has 2 amide bonds. The molecular weight excluding hydrogens is 452 g/mol.